The number of nitrogens with one attached hydrogen (secondary N) is 1. The summed E-state index contributed by atoms with van der Waals surface area (Å²) in [5.41, 5.74) is 1.66. The first-order chi connectivity index (χ1) is 12.0. The highest BCUT2D eigenvalue weighted by atomic mass is 32.2. The van der Waals surface area contributed by atoms with E-state index in [4.69, 9.17) is 4.74 Å². The van der Waals surface area contributed by atoms with Crippen LogP contribution in [0.15, 0.2) is 36.4 Å². The third kappa shape index (κ3) is 4.46. The minimum absolute atomic E-state index is 0.00735. The summed E-state index contributed by atoms with van der Waals surface area (Å²) in [6, 6.07) is 11.6. The summed E-state index contributed by atoms with van der Waals surface area (Å²) in [7, 11) is -1.52. The van der Waals surface area contributed by atoms with Crippen LogP contribution in [0.4, 0.5) is 5.82 Å². The summed E-state index contributed by atoms with van der Waals surface area (Å²) in [6.45, 7) is 1.49. The zero-order valence-corrected chi connectivity index (χ0v) is 15.2. The summed E-state index contributed by atoms with van der Waals surface area (Å²) in [5.74, 6) is 1.56. The fourth-order valence-corrected chi connectivity index (χ4v) is 3.86. The van der Waals surface area contributed by atoms with Gasteiger partial charge in [0.2, 0.25) is 10.0 Å². The van der Waals surface area contributed by atoms with E-state index in [2.05, 4.69) is 19.8 Å². The molecule has 1 aromatic heterocycles. The quantitative estimate of drug-likeness (QED) is 0.871. The number of hydrogen-bond acceptors (Lipinski definition) is 6. The molecule has 0 radical (unpaired) electrons. The molecule has 0 saturated carbocycles. The van der Waals surface area contributed by atoms with Crippen LogP contribution in [0.3, 0.4) is 0 Å². The highest BCUT2D eigenvalue weighted by Gasteiger charge is 2.22. The lowest BCUT2D eigenvalue weighted by atomic mass is 10.1. The van der Waals surface area contributed by atoms with Gasteiger partial charge in [-0.3, -0.25) is 0 Å². The van der Waals surface area contributed by atoms with Crippen molar-refractivity contribution in [3.63, 3.8) is 0 Å². The van der Waals surface area contributed by atoms with Gasteiger partial charge in [-0.15, -0.1) is 10.2 Å². The monoisotopic (exact) mass is 362 g/mol. The van der Waals surface area contributed by atoms with Crippen LogP contribution in [0.5, 0.6) is 5.75 Å². The lowest BCUT2D eigenvalue weighted by Gasteiger charge is -2.32. The van der Waals surface area contributed by atoms with Crippen molar-refractivity contribution in [2.24, 2.45) is 0 Å². The van der Waals surface area contributed by atoms with Crippen molar-refractivity contribution >= 4 is 15.8 Å². The molecule has 134 valence electrons. The van der Waals surface area contributed by atoms with E-state index in [9.17, 15) is 8.42 Å². The molecule has 1 saturated heterocycles. The largest absolute Gasteiger partial charge is 0.496 e. The first-order valence-corrected chi connectivity index (χ1v) is 10.0. The Balaban J connectivity index is 1.68. The van der Waals surface area contributed by atoms with E-state index in [1.165, 1.54) is 6.26 Å². The SMILES string of the molecule is COc1ccccc1-c1ccc(N2CCC(NS(C)(=O)=O)CC2)nn1. The molecule has 0 spiro atoms. The van der Waals surface area contributed by atoms with Crippen LogP contribution >= 0.6 is 0 Å². The Kier molecular flexibility index (Phi) is 5.19. The van der Waals surface area contributed by atoms with Crippen molar-refractivity contribution in [2.45, 2.75) is 18.9 Å². The van der Waals surface area contributed by atoms with Gasteiger partial charge in [0.05, 0.1) is 19.1 Å². The fraction of sp³-hybridized carbons (Fsp3) is 0.412. The minimum Gasteiger partial charge on any atom is -0.496 e. The van der Waals surface area contributed by atoms with Crippen LogP contribution in [0, 0.1) is 0 Å². The predicted octanol–water partition coefficient (Wildman–Crippen LogP) is 1.67. The molecule has 0 bridgehead atoms. The lowest BCUT2D eigenvalue weighted by Crippen LogP contribution is -2.44. The molecule has 0 unspecified atom stereocenters. The first-order valence-electron chi connectivity index (χ1n) is 8.15. The van der Waals surface area contributed by atoms with Crippen LogP contribution in [0.1, 0.15) is 12.8 Å². The molecular formula is C17H22N4O3S. The molecule has 7 nitrogen and oxygen atoms in total. The topological polar surface area (TPSA) is 84.4 Å². The number of nitrogens with zero attached hydrogens (tertiary/aromatic N) is 3. The van der Waals surface area contributed by atoms with Crippen LogP contribution in [0.2, 0.25) is 0 Å². The van der Waals surface area contributed by atoms with Crippen molar-refractivity contribution in [1.82, 2.24) is 14.9 Å². The number of aromatic nitrogens is 2. The van der Waals surface area contributed by atoms with Crippen LogP contribution in [0.25, 0.3) is 11.3 Å². The molecule has 1 N–H and O–H groups in total. The van der Waals surface area contributed by atoms with Gasteiger partial charge in [0.15, 0.2) is 5.82 Å². The second-order valence-electron chi connectivity index (χ2n) is 6.13. The number of rotatable bonds is 5. The number of anilines is 1. The number of hydrogen-bond donors (Lipinski definition) is 1. The normalized spacial score (nSPS) is 16.0. The number of methoxy groups -OCH3 is 1. The number of ether oxygens (including phenoxy) is 1. The minimum atomic E-state index is -3.16. The molecule has 25 heavy (non-hydrogen) atoms. The van der Waals surface area contributed by atoms with Gasteiger partial charge in [-0.2, -0.15) is 0 Å². The van der Waals surface area contributed by atoms with E-state index in [0.29, 0.717) is 0 Å². The Labute approximate surface area is 148 Å². The predicted molar refractivity (Wildman–Crippen MR) is 97.2 cm³/mol. The van der Waals surface area contributed by atoms with E-state index in [1.807, 2.05) is 36.4 Å². The lowest BCUT2D eigenvalue weighted by molar-refractivity contribution is 0.416. The maximum absolute atomic E-state index is 11.3. The van der Waals surface area contributed by atoms with E-state index in [1.54, 1.807) is 7.11 Å². The number of piperidine rings is 1. The number of para-hydroxylation sites is 1. The van der Waals surface area contributed by atoms with Crippen molar-refractivity contribution in [3.05, 3.63) is 36.4 Å². The molecule has 2 aromatic rings. The molecule has 1 aliphatic heterocycles. The molecule has 3 rings (SSSR count). The molecule has 8 heteroatoms. The van der Waals surface area contributed by atoms with Crippen LogP contribution in [-0.2, 0) is 10.0 Å². The Morgan fingerprint density at radius 2 is 1.84 bits per heavy atom. The van der Waals surface area contributed by atoms with Gasteiger partial charge in [0, 0.05) is 24.7 Å². The summed E-state index contributed by atoms with van der Waals surface area (Å²) in [6.07, 6.45) is 2.70. The highest BCUT2D eigenvalue weighted by molar-refractivity contribution is 7.88. The maximum atomic E-state index is 11.3. The van der Waals surface area contributed by atoms with E-state index in [-0.39, 0.29) is 6.04 Å². The van der Waals surface area contributed by atoms with Crippen molar-refractivity contribution in [2.75, 3.05) is 31.4 Å². The van der Waals surface area contributed by atoms with Gasteiger partial charge in [-0.1, -0.05) is 12.1 Å². The van der Waals surface area contributed by atoms with E-state index < -0.39 is 10.0 Å². The molecule has 0 aliphatic carbocycles. The van der Waals surface area contributed by atoms with Gasteiger partial charge in [-0.25, -0.2) is 13.1 Å². The highest BCUT2D eigenvalue weighted by Crippen LogP contribution is 2.28. The molecule has 1 aromatic carbocycles. The molecule has 0 atom stereocenters. The van der Waals surface area contributed by atoms with E-state index in [0.717, 1.165) is 48.8 Å². The molecular weight excluding hydrogens is 340 g/mol. The molecule has 0 amide bonds. The number of sulfonamides is 1. The van der Waals surface area contributed by atoms with Gasteiger partial charge < -0.3 is 9.64 Å². The van der Waals surface area contributed by atoms with Gasteiger partial charge in [0.1, 0.15) is 5.75 Å². The second kappa shape index (κ2) is 7.37. The van der Waals surface area contributed by atoms with Crippen LogP contribution in [-0.4, -0.2) is 51.1 Å². The fourth-order valence-electron chi connectivity index (χ4n) is 3.02. The Hall–Kier alpha value is -2.19. The Morgan fingerprint density at radius 1 is 1.12 bits per heavy atom. The second-order valence-corrected chi connectivity index (χ2v) is 7.91. The summed E-state index contributed by atoms with van der Waals surface area (Å²) < 4.78 is 30.7. The first kappa shape index (κ1) is 17.6. The Bertz CT molecular complexity index is 816. The van der Waals surface area contributed by atoms with Gasteiger partial charge >= 0.3 is 0 Å². The van der Waals surface area contributed by atoms with Crippen molar-refractivity contribution in [1.29, 1.82) is 0 Å². The molecule has 1 aliphatic rings. The van der Waals surface area contributed by atoms with Gasteiger partial charge in [-0.05, 0) is 37.1 Å². The number of benzene rings is 1. The molecule has 1 fully saturated rings. The van der Waals surface area contributed by atoms with Gasteiger partial charge in [0.25, 0.3) is 0 Å². The molecule has 2 heterocycles. The summed E-state index contributed by atoms with van der Waals surface area (Å²) >= 11 is 0. The summed E-state index contributed by atoms with van der Waals surface area (Å²) in [5, 5.41) is 8.66. The zero-order valence-electron chi connectivity index (χ0n) is 14.3. The van der Waals surface area contributed by atoms with E-state index >= 15 is 0 Å². The Morgan fingerprint density at radius 3 is 2.44 bits per heavy atom. The van der Waals surface area contributed by atoms with Crippen molar-refractivity contribution in [3.8, 4) is 17.0 Å². The third-order valence-corrected chi connectivity index (χ3v) is 4.99. The van der Waals surface area contributed by atoms with Crippen LogP contribution < -0.4 is 14.4 Å². The average Bonchev–Trinajstić information content (AvgIpc) is 2.61. The van der Waals surface area contributed by atoms with Crippen molar-refractivity contribution < 1.29 is 13.2 Å². The smallest absolute Gasteiger partial charge is 0.208 e. The third-order valence-electron chi connectivity index (χ3n) is 4.23. The standard InChI is InChI=1S/C17H22N4O3S/c1-24-16-6-4-3-5-14(16)15-7-8-17(19-18-15)21-11-9-13(10-12-21)20-25(2,22)23/h3-8,13,20H,9-12H2,1-2H3. The zero-order chi connectivity index (χ0) is 17.9. The average molecular weight is 362 g/mol. The maximum Gasteiger partial charge on any atom is 0.208 e. The summed E-state index contributed by atoms with van der Waals surface area (Å²) in [4.78, 5) is 2.12.